The number of ether oxygens (including phenoxy) is 1. The highest BCUT2D eigenvalue weighted by atomic mass is 19.3. The maximum Gasteiger partial charge on any atom is 0.387 e. The van der Waals surface area contributed by atoms with E-state index in [0.717, 1.165) is 24.8 Å². The van der Waals surface area contributed by atoms with Gasteiger partial charge in [0.25, 0.3) is 0 Å². The van der Waals surface area contributed by atoms with Crippen molar-refractivity contribution in [3.63, 3.8) is 0 Å². The Bertz CT molecular complexity index is 531. The number of hydrogen-bond acceptors (Lipinski definition) is 3. The fourth-order valence-corrected chi connectivity index (χ4v) is 2.20. The van der Waals surface area contributed by atoms with Gasteiger partial charge in [-0.15, -0.1) is 0 Å². The van der Waals surface area contributed by atoms with E-state index in [1.807, 2.05) is 6.08 Å². The predicted molar refractivity (Wildman–Crippen MR) is 73.0 cm³/mol. The lowest BCUT2D eigenvalue weighted by Gasteiger charge is -2.14. The Labute approximate surface area is 121 Å². The summed E-state index contributed by atoms with van der Waals surface area (Å²) < 4.78 is 28.5. The number of nitrogens with one attached hydrogen (secondary N) is 1. The van der Waals surface area contributed by atoms with Crippen molar-refractivity contribution in [2.24, 2.45) is 0 Å². The first kappa shape index (κ1) is 15.4. The lowest BCUT2D eigenvalue weighted by molar-refractivity contribution is -0.118. The minimum atomic E-state index is -2.91. The molecule has 0 saturated carbocycles. The zero-order valence-corrected chi connectivity index (χ0v) is 11.4. The van der Waals surface area contributed by atoms with Gasteiger partial charge in [0, 0.05) is 12.1 Å². The van der Waals surface area contributed by atoms with Crippen LogP contribution < -0.4 is 10.1 Å². The van der Waals surface area contributed by atoms with Crippen LogP contribution in [0, 0.1) is 0 Å². The predicted octanol–water partition coefficient (Wildman–Crippen LogP) is 2.55. The molecule has 0 aliphatic heterocycles. The summed E-state index contributed by atoms with van der Waals surface area (Å²) in [4.78, 5) is 11.8. The van der Waals surface area contributed by atoms with Crippen molar-refractivity contribution < 1.29 is 23.4 Å². The molecule has 0 aromatic heterocycles. The van der Waals surface area contributed by atoms with Gasteiger partial charge in [0.1, 0.15) is 5.75 Å². The molecule has 0 fully saturated rings. The number of carbonyl (C=O) groups excluding carboxylic acids is 1. The van der Waals surface area contributed by atoms with E-state index in [-0.39, 0.29) is 18.2 Å². The summed E-state index contributed by atoms with van der Waals surface area (Å²) in [6.07, 6.45) is 3.53. The second-order valence-corrected chi connectivity index (χ2v) is 4.80. The van der Waals surface area contributed by atoms with Gasteiger partial charge in [0.15, 0.2) is 0 Å². The number of hydrogen-bond donors (Lipinski definition) is 2. The molecule has 21 heavy (non-hydrogen) atoms. The monoisotopic (exact) mass is 297 g/mol. The SMILES string of the molecule is O=C(NCC(O)c1cccc(OC(F)F)c1)C1=CCCC1. The molecule has 1 amide bonds. The summed E-state index contributed by atoms with van der Waals surface area (Å²) >= 11 is 0. The Kier molecular flexibility index (Phi) is 5.27. The number of aliphatic hydroxyl groups is 1. The van der Waals surface area contributed by atoms with Gasteiger partial charge >= 0.3 is 6.61 Å². The molecule has 4 nitrogen and oxygen atoms in total. The zero-order chi connectivity index (χ0) is 15.2. The molecule has 114 valence electrons. The average molecular weight is 297 g/mol. The van der Waals surface area contributed by atoms with Crippen molar-refractivity contribution >= 4 is 5.91 Å². The summed E-state index contributed by atoms with van der Waals surface area (Å²) in [7, 11) is 0. The summed E-state index contributed by atoms with van der Waals surface area (Å²) in [6.45, 7) is -2.89. The Hall–Kier alpha value is -1.95. The number of amides is 1. The van der Waals surface area contributed by atoms with Crippen LogP contribution in [0.4, 0.5) is 8.78 Å². The molecule has 6 heteroatoms. The number of benzene rings is 1. The maximum absolute atomic E-state index is 12.1. The molecule has 1 aromatic carbocycles. The topological polar surface area (TPSA) is 58.6 Å². The molecule has 0 saturated heterocycles. The fourth-order valence-electron chi connectivity index (χ4n) is 2.20. The van der Waals surface area contributed by atoms with Crippen LogP contribution in [0.25, 0.3) is 0 Å². The Morgan fingerprint density at radius 1 is 1.43 bits per heavy atom. The molecular formula is C15H17F2NO3. The van der Waals surface area contributed by atoms with Crippen molar-refractivity contribution in [2.75, 3.05) is 6.54 Å². The minimum Gasteiger partial charge on any atom is -0.435 e. The molecular weight excluding hydrogens is 280 g/mol. The minimum absolute atomic E-state index is 0.0219. The molecule has 0 heterocycles. The van der Waals surface area contributed by atoms with E-state index in [4.69, 9.17) is 0 Å². The van der Waals surface area contributed by atoms with Crippen LogP contribution in [-0.2, 0) is 4.79 Å². The van der Waals surface area contributed by atoms with Crippen LogP contribution in [0.5, 0.6) is 5.75 Å². The second-order valence-electron chi connectivity index (χ2n) is 4.80. The van der Waals surface area contributed by atoms with Gasteiger partial charge in [-0.05, 0) is 37.0 Å². The molecule has 0 radical (unpaired) electrons. The van der Waals surface area contributed by atoms with Gasteiger partial charge in [-0.3, -0.25) is 4.79 Å². The third-order valence-electron chi connectivity index (χ3n) is 3.26. The Balaban J connectivity index is 1.90. The van der Waals surface area contributed by atoms with Gasteiger partial charge < -0.3 is 15.2 Å². The molecule has 1 aliphatic rings. The van der Waals surface area contributed by atoms with Gasteiger partial charge in [-0.1, -0.05) is 18.2 Å². The lowest BCUT2D eigenvalue weighted by Crippen LogP contribution is -2.29. The molecule has 1 aromatic rings. The van der Waals surface area contributed by atoms with Crippen LogP contribution >= 0.6 is 0 Å². The number of alkyl halides is 2. The van der Waals surface area contributed by atoms with Crippen molar-refractivity contribution in [3.8, 4) is 5.75 Å². The lowest BCUT2D eigenvalue weighted by atomic mass is 10.1. The van der Waals surface area contributed by atoms with E-state index < -0.39 is 12.7 Å². The van der Waals surface area contributed by atoms with Crippen LogP contribution in [0.15, 0.2) is 35.9 Å². The summed E-state index contributed by atoms with van der Waals surface area (Å²) in [5.74, 6) is -0.210. The quantitative estimate of drug-likeness (QED) is 0.848. The Morgan fingerprint density at radius 2 is 2.24 bits per heavy atom. The van der Waals surface area contributed by atoms with E-state index in [0.29, 0.717) is 5.56 Å². The van der Waals surface area contributed by atoms with Crippen molar-refractivity contribution in [3.05, 3.63) is 41.5 Å². The summed E-state index contributed by atoms with van der Waals surface area (Å²) in [5, 5.41) is 12.6. The number of halogens is 2. The molecule has 1 unspecified atom stereocenters. The molecule has 2 rings (SSSR count). The van der Waals surface area contributed by atoms with Gasteiger partial charge in [0.05, 0.1) is 6.10 Å². The zero-order valence-electron chi connectivity index (χ0n) is 11.4. The highest BCUT2D eigenvalue weighted by molar-refractivity contribution is 5.93. The maximum atomic E-state index is 12.1. The standard InChI is InChI=1S/C15H17F2NO3/c16-15(17)21-12-7-3-6-11(8-12)13(19)9-18-14(20)10-4-1-2-5-10/h3-4,6-8,13,15,19H,1-2,5,9H2,(H,18,20). The van der Waals surface area contributed by atoms with Crippen LogP contribution in [-0.4, -0.2) is 24.2 Å². The largest absolute Gasteiger partial charge is 0.435 e. The molecule has 1 atom stereocenters. The van der Waals surface area contributed by atoms with Crippen molar-refractivity contribution in [2.45, 2.75) is 32.0 Å². The van der Waals surface area contributed by atoms with Crippen LogP contribution in [0.2, 0.25) is 0 Å². The number of aliphatic hydroxyl groups excluding tert-OH is 1. The fraction of sp³-hybridized carbons (Fsp3) is 0.400. The van der Waals surface area contributed by atoms with Crippen molar-refractivity contribution in [1.82, 2.24) is 5.32 Å². The van der Waals surface area contributed by atoms with E-state index in [2.05, 4.69) is 10.1 Å². The normalized spacial score (nSPS) is 15.7. The van der Waals surface area contributed by atoms with E-state index in [1.54, 1.807) is 6.07 Å². The first-order chi connectivity index (χ1) is 10.1. The number of carbonyl (C=O) groups is 1. The van der Waals surface area contributed by atoms with E-state index in [1.165, 1.54) is 18.2 Å². The van der Waals surface area contributed by atoms with E-state index >= 15 is 0 Å². The Morgan fingerprint density at radius 3 is 2.90 bits per heavy atom. The number of rotatable bonds is 6. The molecule has 1 aliphatic carbocycles. The third kappa shape index (κ3) is 4.53. The summed E-state index contributed by atoms with van der Waals surface area (Å²) in [6, 6.07) is 5.81. The van der Waals surface area contributed by atoms with Crippen LogP contribution in [0.3, 0.4) is 0 Å². The third-order valence-corrected chi connectivity index (χ3v) is 3.26. The molecule has 0 spiro atoms. The van der Waals surface area contributed by atoms with Crippen molar-refractivity contribution in [1.29, 1.82) is 0 Å². The first-order valence-electron chi connectivity index (χ1n) is 6.76. The van der Waals surface area contributed by atoms with E-state index in [9.17, 15) is 18.7 Å². The average Bonchev–Trinajstić information content (AvgIpc) is 2.98. The highest BCUT2D eigenvalue weighted by Gasteiger charge is 2.15. The van der Waals surface area contributed by atoms with Crippen LogP contribution in [0.1, 0.15) is 30.9 Å². The number of allylic oxidation sites excluding steroid dienone is 1. The molecule has 2 N–H and O–H groups in total. The van der Waals surface area contributed by atoms with Gasteiger partial charge in [0.2, 0.25) is 5.91 Å². The van der Waals surface area contributed by atoms with Gasteiger partial charge in [-0.2, -0.15) is 8.78 Å². The molecule has 0 bridgehead atoms. The van der Waals surface area contributed by atoms with Gasteiger partial charge in [-0.25, -0.2) is 0 Å². The summed E-state index contributed by atoms with van der Waals surface area (Å²) in [5.41, 5.74) is 1.14. The second kappa shape index (κ2) is 7.17. The first-order valence-corrected chi connectivity index (χ1v) is 6.76. The smallest absolute Gasteiger partial charge is 0.387 e. The highest BCUT2D eigenvalue weighted by Crippen LogP contribution is 2.21.